The Labute approximate surface area is 114 Å². The summed E-state index contributed by atoms with van der Waals surface area (Å²) in [6.45, 7) is 4.11. The van der Waals surface area contributed by atoms with Gasteiger partial charge in [0.1, 0.15) is 5.82 Å². The van der Waals surface area contributed by atoms with Gasteiger partial charge in [0.15, 0.2) is 0 Å². The quantitative estimate of drug-likeness (QED) is 0.849. The highest BCUT2D eigenvalue weighted by Crippen LogP contribution is 2.17. The number of ether oxygens (including phenoxy) is 1. The van der Waals surface area contributed by atoms with Crippen LogP contribution < -0.4 is 5.32 Å². The van der Waals surface area contributed by atoms with E-state index in [0.717, 1.165) is 43.3 Å². The van der Waals surface area contributed by atoms with Crippen molar-refractivity contribution in [3.63, 3.8) is 0 Å². The third-order valence-electron chi connectivity index (χ3n) is 3.27. The van der Waals surface area contributed by atoms with E-state index in [4.69, 9.17) is 4.74 Å². The lowest BCUT2D eigenvalue weighted by Gasteiger charge is -2.30. The number of nitrogens with one attached hydrogen (secondary N) is 1. The Bertz CT molecular complexity index is 350. The number of hydrogen-bond acceptors (Lipinski definition) is 4. The smallest absolute Gasteiger partial charge is 0.110 e. The molecule has 1 aliphatic rings. The Hall–Kier alpha value is -0.520. The molecule has 102 valence electrons. The fourth-order valence-corrected chi connectivity index (χ4v) is 3.13. The first kappa shape index (κ1) is 13.9. The van der Waals surface area contributed by atoms with Crippen LogP contribution in [0.2, 0.25) is 0 Å². The number of imidazole rings is 1. The van der Waals surface area contributed by atoms with Gasteiger partial charge in [-0.25, -0.2) is 4.98 Å². The molecule has 1 fully saturated rings. The molecule has 0 amide bonds. The van der Waals surface area contributed by atoms with Crippen molar-refractivity contribution in [1.29, 1.82) is 0 Å². The van der Waals surface area contributed by atoms with Crippen LogP contribution in [0, 0.1) is 0 Å². The van der Waals surface area contributed by atoms with Crippen molar-refractivity contribution in [3.8, 4) is 0 Å². The molecule has 0 bridgehead atoms. The van der Waals surface area contributed by atoms with E-state index in [1.807, 2.05) is 24.2 Å². The molecule has 2 heterocycles. The fraction of sp³-hybridized carbons (Fsp3) is 0.769. The molecule has 2 atom stereocenters. The first-order valence-corrected chi connectivity index (χ1v) is 7.85. The summed E-state index contributed by atoms with van der Waals surface area (Å²) in [5.41, 5.74) is 0. The molecule has 4 nitrogen and oxygen atoms in total. The van der Waals surface area contributed by atoms with Crippen molar-refractivity contribution in [2.45, 2.75) is 31.9 Å². The highest BCUT2D eigenvalue weighted by atomic mass is 32.2. The van der Waals surface area contributed by atoms with Crippen LogP contribution in [0.5, 0.6) is 0 Å². The predicted molar refractivity (Wildman–Crippen MR) is 76.1 cm³/mol. The topological polar surface area (TPSA) is 39.1 Å². The van der Waals surface area contributed by atoms with E-state index in [9.17, 15) is 0 Å². The van der Waals surface area contributed by atoms with Crippen LogP contribution in [0.3, 0.4) is 0 Å². The van der Waals surface area contributed by atoms with Crippen LogP contribution >= 0.6 is 11.8 Å². The Kier molecular flexibility index (Phi) is 5.53. The second-order valence-electron chi connectivity index (χ2n) is 4.70. The molecular formula is C13H23N3OS. The summed E-state index contributed by atoms with van der Waals surface area (Å²) in [5, 5.41) is 3.61. The standard InChI is InChI=1S/C13H23N3OS/c1-3-4-14-11(12-10-18-8-7-17-12)9-13-15-5-6-16(13)2/h5-6,11-12,14H,3-4,7-10H2,1-2H3. The number of rotatable bonds is 6. The van der Waals surface area contributed by atoms with E-state index in [0.29, 0.717) is 12.1 Å². The maximum absolute atomic E-state index is 5.91. The van der Waals surface area contributed by atoms with E-state index in [1.165, 1.54) is 0 Å². The molecule has 5 heteroatoms. The van der Waals surface area contributed by atoms with Crippen LogP contribution in [0.1, 0.15) is 19.2 Å². The summed E-state index contributed by atoms with van der Waals surface area (Å²) in [7, 11) is 2.05. The summed E-state index contributed by atoms with van der Waals surface area (Å²) in [6, 6.07) is 0.374. The van der Waals surface area contributed by atoms with Gasteiger partial charge >= 0.3 is 0 Å². The van der Waals surface area contributed by atoms with Crippen molar-refractivity contribution in [3.05, 3.63) is 18.2 Å². The Balaban J connectivity index is 1.97. The maximum atomic E-state index is 5.91. The second-order valence-corrected chi connectivity index (χ2v) is 5.85. The van der Waals surface area contributed by atoms with Gasteiger partial charge in [-0.05, 0) is 13.0 Å². The van der Waals surface area contributed by atoms with Crippen LogP contribution in [0.15, 0.2) is 12.4 Å². The van der Waals surface area contributed by atoms with Gasteiger partial charge in [0, 0.05) is 43.4 Å². The van der Waals surface area contributed by atoms with Crippen molar-refractivity contribution < 1.29 is 4.74 Å². The molecule has 0 radical (unpaired) electrons. The molecular weight excluding hydrogens is 246 g/mol. The van der Waals surface area contributed by atoms with Gasteiger partial charge in [-0.1, -0.05) is 6.92 Å². The first-order chi connectivity index (χ1) is 8.81. The Morgan fingerprint density at radius 3 is 3.17 bits per heavy atom. The van der Waals surface area contributed by atoms with E-state index < -0.39 is 0 Å². The van der Waals surface area contributed by atoms with Gasteiger partial charge in [-0.3, -0.25) is 0 Å². The third-order valence-corrected chi connectivity index (χ3v) is 4.29. The molecule has 0 saturated carbocycles. The molecule has 0 aliphatic carbocycles. The van der Waals surface area contributed by atoms with Crippen molar-refractivity contribution in [2.75, 3.05) is 24.7 Å². The van der Waals surface area contributed by atoms with E-state index in [1.54, 1.807) is 0 Å². The zero-order chi connectivity index (χ0) is 12.8. The lowest BCUT2D eigenvalue weighted by molar-refractivity contribution is 0.0465. The summed E-state index contributed by atoms with van der Waals surface area (Å²) < 4.78 is 8.00. The number of aryl methyl sites for hydroxylation is 1. The Morgan fingerprint density at radius 2 is 2.56 bits per heavy atom. The average molecular weight is 269 g/mol. The van der Waals surface area contributed by atoms with Crippen LogP contribution in [0.4, 0.5) is 0 Å². The molecule has 1 aromatic rings. The molecule has 0 aromatic carbocycles. The number of hydrogen-bond donors (Lipinski definition) is 1. The number of thioether (sulfide) groups is 1. The van der Waals surface area contributed by atoms with Gasteiger partial charge in [-0.2, -0.15) is 11.8 Å². The number of nitrogens with zero attached hydrogens (tertiary/aromatic N) is 2. The molecule has 0 spiro atoms. The molecule has 1 saturated heterocycles. The average Bonchev–Trinajstić information content (AvgIpc) is 2.81. The van der Waals surface area contributed by atoms with Crippen molar-refractivity contribution in [1.82, 2.24) is 14.9 Å². The third kappa shape index (κ3) is 3.73. The molecule has 2 unspecified atom stereocenters. The maximum Gasteiger partial charge on any atom is 0.110 e. The first-order valence-electron chi connectivity index (χ1n) is 6.70. The molecule has 1 aliphatic heterocycles. The molecule has 1 aromatic heterocycles. The summed E-state index contributed by atoms with van der Waals surface area (Å²) >= 11 is 1.99. The molecule has 2 rings (SSSR count). The second kappa shape index (κ2) is 7.16. The number of aromatic nitrogens is 2. The van der Waals surface area contributed by atoms with E-state index >= 15 is 0 Å². The highest BCUT2D eigenvalue weighted by molar-refractivity contribution is 7.99. The van der Waals surface area contributed by atoms with Gasteiger partial charge in [-0.15, -0.1) is 0 Å². The largest absolute Gasteiger partial charge is 0.375 e. The highest BCUT2D eigenvalue weighted by Gasteiger charge is 2.25. The fourth-order valence-electron chi connectivity index (χ4n) is 2.19. The van der Waals surface area contributed by atoms with Gasteiger partial charge < -0.3 is 14.6 Å². The van der Waals surface area contributed by atoms with Gasteiger partial charge in [0.25, 0.3) is 0 Å². The molecule has 1 N–H and O–H groups in total. The van der Waals surface area contributed by atoms with Crippen molar-refractivity contribution >= 4 is 11.8 Å². The summed E-state index contributed by atoms with van der Waals surface area (Å²) in [4.78, 5) is 4.42. The minimum Gasteiger partial charge on any atom is -0.375 e. The van der Waals surface area contributed by atoms with Gasteiger partial charge in [0.05, 0.1) is 12.7 Å². The van der Waals surface area contributed by atoms with Gasteiger partial charge in [0.2, 0.25) is 0 Å². The SMILES string of the molecule is CCCNC(Cc1nccn1C)C1CSCCO1. The Morgan fingerprint density at radius 1 is 1.67 bits per heavy atom. The minimum atomic E-state index is 0.312. The van der Waals surface area contributed by atoms with Crippen molar-refractivity contribution in [2.24, 2.45) is 7.05 Å². The van der Waals surface area contributed by atoms with Crippen LogP contribution in [0.25, 0.3) is 0 Å². The minimum absolute atomic E-state index is 0.312. The van der Waals surface area contributed by atoms with Crippen LogP contribution in [-0.2, 0) is 18.2 Å². The van der Waals surface area contributed by atoms with E-state index in [-0.39, 0.29) is 0 Å². The lowest BCUT2D eigenvalue weighted by atomic mass is 10.1. The normalized spacial score (nSPS) is 22.0. The van der Waals surface area contributed by atoms with Crippen LogP contribution in [-0.4, -0.2) is 46.4 Å². The monoisotopic (exact) mass is 269 g/mol. The summed E-state index contributed by atoms with van der Waals surface area (Å²) in [5.74, 6) is 3.34. The van der Waals surface area contributed by atoms with E-state index in [2.05, 4.69) is 28.8 Å². The summed E-state index contributed by atoms with van der Waals surface area (Å²) in [6.07, 6.45) is 6.27. The lowest BCUT2D eigenvalue weighted by Crippen LogP contribution is -2.46. The predicted octanol–water partition coefficient (Wildman–Crippen LogP) is 1.46. The zero-order valence-corrected chi connectivity index (χ0v) is 12.1. The zero-order valence-electron chi connectivity index (χ0n) is 11.3. The molecule has 18 heavy (non-hydrogen) atoms.